The predicted octanol–water partition coefficient (Wildman–Crippen LogP) is -0.375. The summed E-state index contributed by atoms with van der Waals surface area (Å²) in [7, 11) is 0. The van der Waals surface area contributed by atoms with Crippen LogP contribution < -0.4 is 26.5 Å². The second-order valence-corrected chi connectivity index (χ2v) is 8.79. The van der Waals surface area contributed by atoms with E-state index in [1.165, 1.54) is 0 Å². The van der Waals surface area contributed by atoms with Gasteiger partial charge in [0.2, 0.25) is 0 Å². The van der Waals surface area contributed by atoms with Crippen LogP contribution in [0, 0.1) is 0 Å². The second-order valence-electron chi connectivity index (χ2n) is 8.03. The van der Waals surface area contributed by atoms with E-state index in [0.29, 0.717) is 32.9 Å². The van der Waals surface area contributed by atoms with Crippen molar-refractivity contribution < 1.29 is 52.1 Å². The highest BCUT2D eigenvalue weighted by Crippen LogP contribution is 2.21. The fourth-order valence-electron chi connectivity index (χ4n) is 3.57. The summed E-state index contributed by atoms with van der Waals surface area (Å²) < 4.78 is 46.7. The SMILES string of the molecule is CCn1c(CNC(=O)c2nc(Br)c(N)nc2N)[n+](CCOCCOCCO)c2ccc(O)cc21.O=C([O-])C(F)(F)F. The summed E-state index contributed by atoms with van der Waals surface area (Å²) in [6, 6.07) is 5.13. The number of aliphatic carboxylic acids is 1. The van der Waals surface area contributed by atoms with Crippen molar-refractivity contribution in [3.8, 4) is 5.75 Å². The zero-order valence-corrected chi connectivity index (χ0v) is 23.4. The highest BCUT2D eigenvalue weighted by Gasteiger charge is 2.29. The van der Waals surface area contributed by atoms with E-state index >= 15 is 0 Å². The molecule has 7 N–H and O–H groups in total. The Labute approximate surface area is 239 Å². The van der Waals surface area contributed by atoms with Crippen LogP contribution in [0.15, 0.2) is 22.8 Å². The lowest BCUT2D eigenvalue weighted by Crippen LogP contribution is -2.43. The number of hydrogen-bond acceptors (Lipinski definition) is 11. The Kier molecular flexibility index (Phi) is 12.5. The number of benzene rings is 1. The van der Waals surface area contributed by atoms with Gasteiger partial charge in [-0.1, -0.05) is 0 Å². The molecule has 0 aliphatic heterocycles. The normalized spacial score (nSPS) is 11.3. The second kappa shape index (κ2) is 15.3. The summed E-state index contributed by atoms with van der Waals surface area (Å²) in [5, 5.41) is 30.4. The molecule has 226 valence electrons. The number of aromatic nitrogens is 4. The number of carbonyl (C=O) groups is 2. The zero-order chi connectivity index (χ0) is 30.7. The number of ether oxygens (including phenoxy) is 2. The molecule has 0 atom stereocenters. The van der Waals surface area contributed by atoms with Crippen molar-refractivity contribution in [3.05, 3.63) is 34.3 Å². The molecule has 0 saturated carbocycles. The minimum atomic E-state index is -5.19. The number of aliphatic hydroxyl groups excluding tert-OH is 1. The predicted molar refractivity (Wildman–Crippen MR) is 139 cm³/mol. The van der Waals surface area contributed by atoms with E-state index < -0.39 is 18.1 Å². The van der Waals surface area contributed by atoms with Gasteiger partial charge in [0.05, 0.1) is 39.6 Å². The molecule has 0 bridgehead atoms. The molecule has 0 aliphatic carbocycles. The van der Waals surface area contributed by atoms with Gasteiger partial charge in [-0.25, -0.2) is 19.1 Å². The number of alkyl halides is 3. The Bertz CT molecular complexity index is 1360. The number of hydrogen-bond donors (Lipinski definition) is 5. The number of nitrogen functional groups attached to an aromatic ring is 2. The smallest absolute Gasteiger partial charge is 0.430 e. The van der Waals surface area contributed by atoms with Gasteiger partial charge in [-0.3, -0.25) is 4.79 Å². The summed E-state index contributed by atoms with van der Waals surface area (Å²) in [4.78, 5) is 29.6. The maximum atomic E-state index is 12.8. The summed E-state index contributed by atoms with van der Waals surface area (Å²) in [5.74, 6) is -2.52. The van der Waals surface area contributed by atoms with Crippen LogP contribution in [0.3, 0.4) is 0 Å². The number of phenolic OH excluding ortho intramolecular Hbond substituents is 1. The molecule has 0 saturated heterocycles. The minimum absolute atomic E-state index is 0.0289. The van der Waals surface area contributed by atoms with Crippen LogP contribution in [-0.2, 0) is 33.9 Å². The number of nitrogens with zero attached hydrogens (tertiary/aromatic N) is 4. The molecule has 2 aromatic heterocycles. The van der Waals surface area contributed by atoms with Gasteiger partial charge >= 0.3 is 6.18 Å². The standard InChI is InChI=1S/C21H28BrN7O5.C2HF3O2/c1-2-28-15-11-13(31)3-4-14(15)29(5-7-33-9-10-34-8-6-30)16(28)12-25-21(32)17-19(23)27-20(24)18(22)26-17;3-2(4,5)1(6)7/h3-4,11,30H,2,5-10,12H2,1H3,(H5-,23,24,25,27,31,32);(H,6,7). The number of aromatic hydroxyl groups is 1. The number of amides is 1. The van der Waals surface area contributed by atoms with Crippen molar-refractivity contribution >= 4 is 50.5 Å². The monoisotopic (exact) mass is 651 g/mol. The fraction of sp³-hybridized carbons (Fsp3) is 0.435. The zero-order valence-electron chi connectivity index (χ0n) is 21.8. The molecule has 1 amide bonds. The maximum absolute atomic E-state index is 12.8. The Morgan fingerprint density at radius 3 is 2.37 bits per heavy atom. The molecule has 1 aromatic carbocycles. The van der Waals surface area contributed by atoms with E-state index in [9.17, 15) is 23.1 Å². The first-order valence-corrected chi connectivity index (χ1v) is 12.8. The first-order chi connectivity index (χ1) is 19.3. The topological polar surface area (TPSA) is 215 Å². The Morgan fingerprint density at radius 2 is 1.78 bits per heavy atom. The van der Waals surface area contributed by atoms with Crippen LogP contribution in [0.1, 0.15) is 23.2 Å². The molecule has 14 nitrogen and oxygen atoms in total. The van der Waals surface area contributed by atoms with E-state index in [1.807, 2.05) is 22.1 Å². The fourth-order valence-corrected chi connectivity index (χ4v) is 3.83. The van der Waals surface area contributed by atoms with E-state index in [4.69, 9.17) is 35.9 Å². The van der Waals surface area contributed by atoms with E-state index in [1.54, 1.807) is 12.1 Å². The third-order valence-corrected chi connectivity index (χ3v) is 5.89. The van der Waals surface area contributed by atoms with Crippen molar-refractivity contribution in [1.82, 2.24) is 19.9 Å². The summed E-state index contributed by atoms with van der Waals surface area (Å²) >= 11 is 3.16. The number of fused-ring (bicyclic) bond motifs is 1. The van der Waals surface area contributed by atoms with E-state index in [-0.39, 0.29) is 47.4 Å². The summed E-state index contributed by atoms with van der Waals surface area (Å²) in [6.07, 6.45) is -5.19. The molecule has 0 aliphatic rings. The molecular weight excluding hydrogens is 623 g/mol. The van der Waals surface area contributed by atoms with Crippen LogP contribution in [-0.4, -0.2) is 75.8 Å². The highest BCUT2D eigenvalue weighted by molar-refractivity contribution is 9.10. The molecule has 41 heavy (non-hydrogen) atoms. The van der Waals surface area contributed by atoms with Gasteiger partial charge in [-0.05, 0) is 35.0 Å². The van der Waals surface area contributed by atoms with Gasteiger partial charge in [0.25, 0.3) is 11.7 Å². The number of halogens is 4. The maximum Gasteiger partial charge on any atom is 0.430 e. The number of nitrogens with one attached hydrogen (secondary N) is 1. The average molecular weight is 652 g/mol. The number of carbonyl (C=O) groups excluding carboxylic acids is 2. The van der Waals surface area contributed by atoms with Crippen molar-refractivity contribution in [3.63, 3.8) is 0 Å². The molecule has 3 rings (SSSR count). The van der Waals surface area contributed by atoms with Crippen molar-refractivity contribution in [2.45, 2.75) is 32.7 Å². The van der Waals surface area contributed by atoms with Crippen LogP contribution in [0.2, 0.25) is 0 Å². The number of imidazole rings is 1. The van der Waals surface area contributed by atoms with Crippen molar-refractivity contribution in [2.24, 2.45) is 0 Å². The number of rotatable bonds is 12. The molecule has 0 unspecified atom stereocenters. The average Bonchev–Trinajstić information content (AvgIpc) is 3.19. The van der Waals surface area contributed by atoms with Gasteiger partial charge in [0.15, 0.2) is 28.4 Å². The highest BCUT2D eigenvalue weighted by atomic mass is 79.9. The van der Waals surface area contributed by atoms with E-state index in [2.05, 4.69) is 31.2 Å². The first kappa shape index (κ1) is 33.5. The molecule has 18 heteroatoms. The van der Waals surface area contributed by atoms with Gasteiger partial charge in [-0.15, -0.1) is 0 Å². The molecule has 2 heterocycles. The summed E-state index contributed by atoms with van der Waals surface area (Å²) in [6.45, 7) is 4.70. The lowest BCUT2D eigenvalue weighted by molar-refractivity contribution is -0.681. The Balaban J connectivity index is 0.000000745. The third kappa shape index (κ3) is 9.41. The lowest BCUT2D eigenvalue weighted by atomic mass is 10.3. The van der Waals surface area contributed by atoms with Crippen LogP contribution in [0.4, 0.5) is 24.8 Å². The minimum Gasteiger partial charge on any atom is -0.542 e. The number of phenols is 1. The van der Waals surface area contributed by atoms with Gasteiger partial charge < -0.3 is 46.4 Å². The molecule has 0 fully saturated rings. The quantitative estimate of drug-likeness (QED) is 0.126. The Hall–Kier alpha value is -3.74. The van der Waals surface area contributed by atoms with Crippen molar-refractivity contribution in [1.29, 1.82) is 0 Å². The summed E-state index contributed by atoms with van der Waals surface area (Å²) in [5.41, 5.74) is 13.2. The largest absolute Gasteiger partial charge is 0.542 e. The van der Waals surface area contributed by atoms with Crippen molar-refractivity contribution in [2.75, 3.05) is 44.5 Å². The lowest BCUT2D eigenvalue weighted by Gasteiger charge is -2.09. The number of anilines is 2. The van der Waals surface area contributed by atoms with E-state index in [0.717, 1.165) is 16.9 Å². The van der Waals surface area contributed by atoms with Crippen LogP contribution >= 0.6 is 15.9 Å². The van der Waals surface area contributed by atoms with Gasteiger partial charge in [0, 0.05) is 6.07 Å². The molecule has 0 radical (unpaired) electrons. The molecule has 0 spiro atoms. The molecular formula is C23H29BrF3N7O7. The Morgan fingerprint density at radius 1 is 1.15 bits per heavy atom. The van der Waals surface area contributed by atoms with Crippen LogP contribution in [0.5, 0.6) is 5.75 Å². The number of aliphatic hydroxyl groups is 1. The molecule has 3 aromatic rings. The first-order valence-electron chi connectivity index (χ1n) is 12.0. The number of nitrogens with two attached hydrogens (primary N) is 2. The van der Waals surface area contributed by atoms with Gasteiger partial charge in [-0.2, -0.15) is 13.2 Å². The number of aryl methyl sites for hydroxylation is 1. The third-order valence-electron chi connectivity index (χ3n) is 5.31. The van der Waals surface area contributed by atoms with Gasteiger partial charge in [0.1, 0.15) is 29.4 Å². The van der Waals surface area contributed by atoms with Crippen LogP contribution in [0.25, 0.3) is 11.0 Å². The number of carboxylic acids is 1. The number of carboxylic acid groups (broad SMARTS) is 1.